The summed E-state index contributed by atoms with van der Waals surface area (Å²) in [6.07, 6.45) is 2.27. The van der Waals surface area contributed by atoms with Crippen molar-refractivity contribution in [1.82, 2.24) is 19.8 Å². The number of fused-ring (bicyclic) bond motifs is 3. The van der Waals surface area contributed by atoms with Gasteiger partial charge in [-0.05, 0) is 49.4 Å². The van der Waals surface area contributed by atoms with Gasteiger partial charge in [0.05, 0.1) is 36.3 Å². The fourth-order valence-corrected chi connectivity index (χ4v) is 8.38. The van der Waals surface area contributed by atoms with Crippen LogP contribution in [-0.4, -0.2) is 89.3 Å². The SMILES string of the molecule is C=C(F)C(=O)N1CCN(c2nc(OCC34CCCN3C[C@H](F)C4)nc3c2CCN(c2cccc4sccc24)C3)C[C@@H]1CC#N. The van der Waals surface area contributed by atoms with Crippen LogP contribution in [0, 0.1) is 11.3 Å². The molecule has 44 heavy (non-hydrogen) atoms. The van der Waals surface area contributed by atoms with Crippen molar-refractivity contribution in [2.45, 2.75) is 56.4 Å². The number of thiophene rings is 1. The quantitative estimate of drug-likeness (QED) is 0.354. The number of nitrogens with zero attached hydrogens (tertiary/aromatic N) is 7. The number of ether oxygens (including phenoxy) is 1. The largest absolute Gasteiger partial charge is 0.461 e. The fraction of sp³-hybridized carbons (Fsp3) is 0.500. The van der Waals surface area contributed by atoms with E-state index in [-0.39, 0.29) is 24.5 Å². The normalized spacial score (nSPS) is 25.2. The number of amides is 1. The lowest BCUT2D eigenvalue weighted by molar-refractivity contribution is -0.131. The Labute approximate surface area is 259 Å². The first-order valence-corrected chi connectivity index (χ1v) is 16.1. The van der Waals surface area contributed by atoms with Crippen molar-refractivity contribution in [1.29, 1.82) is 5.26 Å². The summed E-state index contributed by atoms with van der Waals surface area (Å²) >= 11 is 1.72. The third-order valence-corrected chi connectivity index (χ3v) is 10.6. The molecule has 12 heteroatoms. The molecule has 2 aromatic heterocycles. The maximum absolute atomic E-state index is 14.5. The molecule has 9 nitrogen and oxygen atoms in total. The molecule has 1 aromatic carbocycles. The van der Waals surface area contributed by atoms with E-state index < -0.39 is 23.9 Å². The predicted octanol–water partition coefficient (Wildman–Crippen LogP) is 4.62. The summed E-state index contributed by atoms with van der Waals surface area (Å²) in [7, 11) is 0. The molecule has 0 radical (unpaired) electrons. The molecule has 3 fully saturated rings. The van der Waals surface area contributed by atoms with Gasteiger partial charge in [0.1, 0.15) is 18.6 Å². The molecule has 4 aliphatic heterocycles. The molecule has 1 unspecified atom stereocenters. The Bertz CT molecular complexity index is 1640. The van der Waals surface area contributed by atoms with Gasteiger partial charge >= 0.3 is 6.01 Å². The topological polar surface area (TPSA) is 88.8 Å². The molecule has 0 saturated carbocycles. The molecule has 3 atom stereocenters. The molecule has 4 aliphatic rings. The summed E-state index contributed by atoms with van der Waals surface area (Å²) in [6, 6.07) is 10.4. The number of hydrogen-bond donors (Lipinski definition) is 0. The number of carbonyl (C=O) groups excluding carboxylic acids is 1. The summed E-state index contributed by atoms with van der Waals surface area (Å²) in [5, 5.41) is 12.8. The van der Waals surface area contributed by atoms with Crippen LogP contribution in [0.25, 0.3) is 10.1 Å². The van der Waals surface area contributed by atoms with Gasteiger partial charge in [-0.25, -0.2) is 8.78 Å². The van der Waals surface area contributed by atoms with Gasteiger partial charge in [0.15, 0.2) is 5.83 Å². The Morgan fingerprint density at radius 2 is 2.07 bits per heavy atom. The zero-order chi connectivity index (χ0) is 30.4. The minimum absolute atomic E-state index is 0.0628. The summed E-state index contributed by atoms with van der Waals surface area (Å²) < 4.78 is 35.9. The van der Waals surface area contributed by atoms with E-state index in [0.717, 1.165) is 48.7 Å². The number of hydrogen-bond acceptors (Lipinski definition) is 9. The number of alkyl halides is 1. The number of benzene rings is 1. The van der Waals surface area contributed by atoms with Crippen LogP contribution < -0.4 is 14.5 Å². The lowest BCUT2D eigenvalue weighted by Crippen LogP contribution is -2.55. The van der Waals surface area contributed by atoms with E-state index in [2.05, 4.69) is 57.0 Å². The highest BCUT2D eigenvalue weighted by molar-refractivity contribution is 7.17. The van der Waals surface area contributed by atoms with Crippen LogP contribution in [0.1, 0.15) is 36.9 Å². The smallest absolute Gasteiger partial charge is 0.318 e. The number of halogens is 2. The van der Waals surface area contributed by atoms with Crippen molar-refractivity contribution in [2.24, 2.45) is 0 Å². The van der Waals surface area contributed by atoms with Gasteiger partial charge in [-0.15, -0.1) is 11.3 Å². The van der Waals surface area contributed by atoms with Crippen molar-refractivity contribution in [3.8, 4) is 12.1 Å². The molecule has 0 N–H and O–H groups in total. The monoisotopic (exact) mass is 619 g/mol. The van der Waals surface area contributed by atoms with Gasteiger partial charge in [0.25, 0.3) is 5.91 Å². The lowest BCUT2D eigenvalue weighted by Gasteiger charge is -2.42. The van der Waals surface area contributed by atoms with Gasteiger partial charge in [0, 0.05) is 60.5 Å². The highest BCUT2D eigenvalue weighted by Gasteiger charge is 2.49. The standard InChI is InChI=1S/C32H35F2N7O2S/c1-21(33)30(42)41-14-13-39(18-23(41)6-10-35)29-24-7-12-38(27-4-2-5-28-25(27)8-15-44-28)19-26(24)36-31(37-29)43-20-32-9-3-11-40(32)17-22(34)16-32/h2,4-5,8,15,22-23H,1,3,6-7,9,11-14,16-20H2/t22-,23+,32?/m1/s1. The van der Waals surface area contributed by atoms with Gasteiger partial charge in [-0.3, -0.25) is 9.69 Å². The second-order valence-corrected chi connectivity index (χ2v) is 13.2. The van der Waals surface area contributed by atoms with Crippen LogP contribution in [0.5, 0.6) is 6.01 Å². The highest BCUT2D eigenvalue weighted by atomic mass is 32.1. The average molecular weight is 620 g/mol. The predicted molar refractivity (Wildman–Crippen MR) is 165 cm³/mol. The number of rotatable bonds is 7. The van der Waals surface area contributed by atoms with Crippen molar-refractivity contribution in [3.63, 3.8) is 0 Å². The maximum atomic E-state index is 14.5. The Morgan fingerprint density at radius 1 is 1.18 bits per heavy atom. The Balaban J connectivity index is 1.21. The molecular formula is C32H35F2N7O2S. The van der Waals surface area contributed by atoms with Crippen LogP contribution >= 0.6 is 11.3 Å². The molecule has 3 saturated heterocycles. The molecule has 230 valence electrons. The number of aromatic nitrogens is 2. The van der Waals surface area contributed by atoms with Gasteiger partial charge in [-0.1, -0.05) is 12.6 Å². The average Bonchev–Trinajstić information content (AvgIpc) is 3.73. The van der Waals surface area contributed by atoms with Crippen molar-refractivity contribution in [3.05, 3.63) is 53.3 Å². The van der Waals surface area contributed by atoms with E-state index in [0.29, 0.717) is 45.6 Å². The number of anilines is 2. The van der Waals surface area contributed by atoms with E-state index in [1.807, 2.05) is 0 Å². The Hall–Kier alpha value is -3.82. The first kappa shape index (κ1) is 28.9. The highest BCUT2D eigenvalue weighted by Crippen LogP contribution is 2.41. The minimum atomic E-state index is -1.03. The summed E-state index contributed by atoms with van der Waals surface area (Å²) in [4.78, 5) is 30.4. The van der Waals surface area contributed by atoms with E-state index >= 15 is 0 Å². The zero-order valence-corrected chi connectivity index (χ0v) is 25.4. The fourth-order valence-electron chi connectivity index (χ4n) is 7.57. The first-order valence-electron chi connectivity index (χ1n) is 15.3. The van der Waals surface area contributed by atoms with Crippen LogP contribution in [0.2, 0.25) is 0 Å². The third-order valence-electron chi connectivity index (χ3n) is 9.67. The Morgan fingerprint density at radius 3 is 2.91 bits per heavy atom. The number of piperazine rings is 1. The van der Waals surface area contributed by atoms with Gasteiger partial charge in [-0.2, -0.15) is 15.2 Å². The van der Waals surface area contributed by atoms with E-state index in [9.17, 15) is 18.8 Å². The summed E-state index contributed by atoms with van der Waals surface area (Å²) in [5.74, 6) is -1.08. The second-order valence-electron chi connectivity index (χ2n) is 12.3. The van der Waals surface area contributed by atoms with E-state index in [1.165, 1.54) is 15.0 Å². The molecule has 1 amide bonds. The second kappa shape index (κ2) is 11.6. The third kappa shape index (κ3) is 5.16. The molecule has 0 spiro atoms. The molecular weight excluding hydrogens is 584 g/mol. The van der Waals surface area contributed by atoms with Gasteiger partial charge < -0.3 is 19.4 Å². The van der Waals surface area contributed by atoms with Gasteiger partial charge in [0.2, 0.25) is 0 Å². The molecule has 6 heterocycles. The summed E-state index contributed by atoms with van der Waals surface area (Å²) in [5.41, 5.74) is 2.71. The summed E-state index contributed by atoms with van der Waals surface area (Å²) in [6.45, 7) is 7.15. The van der Waals surface area contributed by atoms with Crippen LogP contribution in [-0.2, 0) is 17.8 Å². The van der Waals surface area contributed by atoms with Crippen LogP contribution in [0.3, 0.4) is 0 Å². The first-order chi connectivity index (χ1) is 21.3. The maximum Gasteiger partial charge on any atom is 0.318 e. The molecule has 0 aliphatic carbocycles. The van der Waals surface area contributed by atoms with Crippen molar-refractivity contribution < 1.29 is 18.3 Å². The minimum Gasteiger partial charge on any atom is -0.461 e. The molecule has 0 bridgehead atoms. The van der Waals surface area contributed by atoms with E-state index in [1.54, 1.807) is 11.3 Å². The van der Waals surface area contributed by atoms with Crippen LogP contribution in [0.15, 0.2) is 42.1 Å². The Kier molecular flexibility index (Phi) is 7.62. The zero-order valence-electron chi connectivity index (χ0n) is 24.6. The molecule has 7 rings (SSSR count). The van der Waals surface area contributed by atoms with Crippen LogP contribution in [0.4, 0.5) is 20.3 Å². The number of nitriles is 1. The number of carbonyl (C=O) groups is 1. The van der Waals surface area contributed by atoms with Crippen molar-refractivity contribution >= 4 is 38.8 Å². The lowest BCUT2D eigenvalue weighted by atomic mass is 9.95. The van der Waals surface area contributed by atoms with Crippen molar-refractivity contribution in [2.75, 3.05) is 55.7 Å². The van der Waals surface area contributed by atoms with E-state index in [4.69, 9.17) is 14.7 Å². The molecule has 3 aromatic rings.